The number of hydrogen-bond donors (Lipinski definition) is 0. The van der Waals surface area contributed by atoms with Crippen LogP contribution in [0, 0.1) is 5.92 Å². The molecule has 0 saturated carbocycles. The highest BCUT2D eigenvalue weighted by Gasteiger charge is 2.41. The zero-order valence-corrected chi connectivity index (χ0v) is 16.1. The van der Waals surface area contributed by atoms with Crippen LogP contribution in [-0.4, -0.2) is 66.9 Å². The van der Waals surface area contributed by atoms with Gasteiger partial charge in [0.1, 0.15) is 12.0 Å². The molecule has 0 aromatic carbocycles. The van der Waals surface area contributed by atoms with Crippen LogP contribution in [0.3, 0.4) is 0 Å². The number of aromatic nitrogens is 4. The minimum atomic E-state index is -0.120. The summed E-state index contributed by atoms with van der Waals surface area (Å²) in [5.41, 5.74) is 1.29. The van der Waals surface area contributed by atoms with Gasteiger partial charge >= 0.3 is 0 Å². The maximum atomic E-state index is 13.3. The molecule has 27 heavy (non-hydrogen) atoms. The van der Waals surface area contributed by atoms with Crippen molar-refractivity contribution in [2.24, 2.45) is 5.92 Å². The summed E-state index contributed by atoms with van der Waals surface area (Å²) < 4.78 is 1.68. The summed E-state index contributed by atoms with van der Waals surface area (Å²) in [6.45, 7) is 8.02. The third-order valence-electron chi connectivity index (χ3n) is 5.64. The Morgan fingerprint density at radius 3 is 2.85 bits per heavy atom. The highest BCUT2D eigenvalue weighted by Crippen LogP contribution is 2.30. The van der Waals surface area contributed by atoms with Crippen molar-refractivity contribution in [3.05, 3.63) is 23.8 Å². The molecule has 8 nitrogen and oxygen atoms in total. The van der Waals surface area contributed by atoms with E-state index in [1.807, 2.05) is 15.9 Å². The van der Waals surface area contributed by atoms with Gasteiger partial charge in [-0.3, -0.25) is 9.59 Å². The van der Waals surface area contributed by atoms with Crippen LogP contribution in [0.5, 0.6) is 0 Å². The van der Waals surface area contributed by atoms with Crippen LogP contribution >= 0.6 is 0 Å². The first-order valence-electron chi connectivity index (χ1n) is 9.80. The lowest BCUT2D eigenvalue weighted by Gasteiger charge is -2.35. The standard InChI is InChI=1S/C19H26N6O2/c1-4-7-24-14-6-5-13(17(24)26)9-23(10-14)18(27)15-8-16(12(2)3)25-19(22-15)20-11-21-25/h8,11-14H,4-7,9-10H2,1-3H3/t13-,14+/m1/s1. The Hall–Kier alpha value is -2.51. The molecule has 2 bridgehead atoms. The molecule has 2 amide bonds. The van der Waals surface area contributed by atoms with Crippen LogP contribution in [0.4, 0.5) is 0 Å². The maximum absolute atomic E-state index is 13.3. The van der Waals surface area contributed by atoms with E-state index >= 15 is 0 Å². The van der Waals surface area contributed by atoms with Crippen LogP contribution in [0.1, 0.15) is 62.1 Å². The summed E-state index contributed by atoms with van der Waals surface area (Å²) in [4.78, 5) is 38.4. The molecule has 3 aliphatic heterocycles. The normalized spacial score (nSPS) is 22.7. The average Bonchev–Trinajstić information content (AvgIpc) is 2.96. The van der Waals surface area contributed by atoms with Crippen molar-refractivity contribution in [3.8, 4) is 0 Å². The molecular weight excluding hydrogens is 344 g/mol. The summed E-state index contributed by atoms with van der Waals surface area (Å²) >= 11 is 0. The second-order valence-corrected chi connectivity index (χ2v) is 7.86. The van der Waals surface area contributed by atoms with Crippen molar-refractivity contribution in [2.75, 3.05) is 19.6 Å². The maximum Gasteiger partial charge on any atom is 0.272 e. The van der Waals surface area contributed by atoms with Gasteiger partial charge in [-0.2, -0.15) is 10.1 Å². The molecule has 2 atom stereocenters. The molecule has 3 aliphatic rings. The van der Waals surface area contributed by atoms with E-state index < -0.39 is 0 Å². The van der Waals surface area contributed by atoms with E-state index in [0.29, 0.717) is 24.6 Å². The summed E-state index contributed by atoms with van der Waals surface area (Å²) in [7, 11) is 0. The van der Waals surface area contributed by atoms with Gasteiger partial charge in [-0.15, -0.1) is 0 Å². The van der Waals surface area contributed by atoms with Gasteiger partial charge in [0, 0.05) is 25.7 Å². The summed E-state index contributed by atoms with van der Waals surface area (Å²) in [6, 6.07) is 1.93. The summed E-state index contributed by atoms with van der Waals surface area (Å²) in [6.07, 6.45) is 4.22. The lowest BCUT2D eigenvalue weighted by molar-refractivity contribution is -0.139. The smallest absolute Gasteiger partial charge is 0.272 e. The van der Waals surface area contributed by atoms with E-state index in [0.717, 1.165) is 31.5 Å². The van der Waals surface area contributed by atoms with Crippen LogP contribution in [-0.2, 0) is 4.79 Å². The number of carbonyl (C=O) groups excluding carboxylic acids is 2. The largest absolute Gasteiger partial charge is 0.338 e. The molecule has 2 aromatic heterocycles. The summed E-state index contributed by atoms with van der Waals surface area (Å²) in [5.74, 6) is 0.606. The fraction of sp³-hybridized carbons (Fsp3) is 0.632. The molecule has 0 radical (unpaired) electrons. The number of carbonyl (C=O) groups is 2. The Morgan fingerprint density at radius 2 is 2.11 bits per heavy atom. The van der Waals surface area contributed by atoms with Crippen molar-refractivity contribution < 1.29 is 9.59 Å². The van der Waals surface area contributed by atoms with Gasteiger partial charge in [-0.25, -0.2) is 9.50 Å². The van der Waals surface area contributed by atoms with E-state index in [1.54, 1.807) is 4.52 Å². The Bertz CT molecular complexity index is 876. The fourth-order valence-corrected chi connectivity index (χ4v) is 4.26. The molecule has 3 saturated heterocycles. The molecule has 144 valence electrons. The average molecular weight is 370 g/mol. The predicted octanol–water partition coefficient (Wildman–Crippen LogP) is 1.72. The number of nitrogens with zero attached hydrogens (tertiary/aromatic N) is 6. The van der Waals surface area contributed by atoms with Crippen LogP contribution in [0.2, 0.25) is 0 Å². The number of fused-ring (bicyclic) bond motifs is 5. The minimum Gasteiger partial charge on any atom is -0.338 e. The molecule has 2 aromatic rings. The predicted molar refractivity (Wildman–Crippen MR) is 99.3 cm³/mol. The number of hydrogen-bond acceptors (Lipinski definition) is 5. The molecule has 5 rings (SSSR count). The van der Waals surface area contributed by atoms with Crippen molar-refractivity contribution in [1.29, 1.82) is 0 Å². The van der Waals surface area contributed by atoms with E-state index in [9.17, 15) is 9.59 Å². The van der Waals surface area contributed by atoms with Crippen LogP contribution in [0.25, 0.3) is 5.78 Å². The van der Waals surface area contributed by atoms with Crippen molar-refractivity contribution in [3.63, 3.8) is 0 Å². The van der Waals surface area contributed by atoms with Gasteiger partial charge in [0.2, 0.25) is 5.91 Å². The lowest BCUT2D eigenvalue weighted by atomic mass is 9.94. The number of rotatable bonds is 4. The Kier molecular flexibility index (Phi) is 4.57. The molecule has 0 aliphatic carbocycles. The molecule has 5 heterocycles. The Balaban J connectivity index is 1.65. The molecule has 0 N–H and O–H groups in total. The van der Waals surface area contributed by atoms with E-state index in [2.05, 4.69) is 35.8 Å². The second kappa shape index (κ2) is 6.90. The van der Waals surface area contributed by atoms with E-state index in [4.69, 9.17) is 0 Å². The molecule has 0 unspecified atom stereocenters. The highest BCUT2D eigenvalue weighted by atomic mass is 16.2. The van der Waals surface area contributed by atoms with E-state index in [-0.39, 0.29) is 29.7 Å². The first-order chi connectivity index (χ1) is 13.0. The zero-order chi connectivity index (χ0) is 19.1. The van der Waals surface area contributed by atoms with Gasteiger partial charge in [0.05, 0.1) is 11.6 Å². The van der Waals surface area contributed by atoms with Crippen LogP contribution < -0.4 is 0 Å². The zero-order valence-electron chi connectivity index (χ0n) is 16.1. The molecular formula is C19H26N6O2. The fourth-order valence-electron chi connectivity index (χ4n) is 4.26. The third kappa shape index (κ3) is 3.07. The van der Waals surface area contributed by atoms with Gasteiger partial charge < -0.3 is 9.80 Å². The van der Waals surface area contributed by atoms with Gasteiger partial charge in [0.25, 0.3) is 11.7 Å². The second-order valence-electron chi connectivity index (χ2n) is 7.86. The summed E-state index contributed by atoms with van der Waals surface area (Å²) in [5, 5.41) is 4.21. The van der Waals surface area contributed by atoms with Crippen LogP contribution in [0.15, 0.2) is 12.4 Å². The Morgan fingerprint density at radius 1 is 1.30 bits per heavy atom. The number of piperidine rings is 1. The highest BCUT2D eigenvalue weighted by molar-refractivity contribution is 5.93. The topological polar surface area (TPSA) is 83.7 Å². The van der Waals surface area contributed by atoms with Gasteiger partial charge in [-0.1, -0.05) is 20.8 Å². The van der Waals surface area contributed by atoms with E-state index in [1.165, 1.54) is 6.33 Å². The SMILES string of the molecule is CCCN1C(=O)[C@@H]2CC[C@H]1CN(C(=O)c1cc(C(C)C)n3ncnc3n1)C2. The molecule has 0 spiro atoms. The van der Waals surface area contributed by atoms with Crippen molar-refractivity contribution >= 4 is 17.6 Å². The van der Waals surface area contributed by atoms with Gasteiger partial charge in [-0.05, 0) is 31.2 Å². The first-order valence-corrected chi connectivity index (χ1v) is 9.80. The minimum absolute atomic E-state index is 0.0966. The Labute approximate surface area is 158 Å². The quantitative estimate of drug-likeness (QED) is 0.818. The van der Waals surface area contributed by atoms with Crippen molar-refractivity contribution in [2.45, 2.75) is 52.0 Å². The lowest BCUT2D eigenvalue weighted by Crippen LogP contribution is -2.48. The molecule has 8 heteroatoms. The van der Waals surface area contributed by atoms with Crippen molar-refractivity contribution in [1.82, 2.24) is 29.4 Å². The monoisotopic (exact) mass is 370 g/mol. The first kappa shape index (κ1) is 17.9. The van der Waals surface area contributed by atoms with Gasteiger partial charge in [0.15, 0.2) is 0 Å². The third-order valence-corrected chi connectivity index (χ3v) is 5.64. The molecule has 3 fully saturated rings. The number of amides is 2.